The quantitative estimate of drug-likeness (QED) is 0.508. The molecule has 0 saturated carbocycles. The number of carbonyl (C=O) groups excluding carboxylic acids is 1. The molecule has 1 aliphatic rings. The number of piperidine rings is 1. The van der Waals surface area contributed by atoms with E-state index in [2.05, 4.69) is 20.0 Å². The molecule has 3 N–H and O–H groups in total. The molecule has 1 saturated heterocycles. The highest BCUT2D eigenvalue weighted by molar-refractivity contribution is 6.01. The van der Waals surface area contributed by atoms with Gasteiger partial charge in [0, 0.05) is 54.2 Å². The van der Waals surface area contributed by atoms with Crippen LogP contribution in [-0.4, -0.2) is 50.0 Å². The van der Waals surface area contributed by atoms with Gasteiger partial charge in [0.25, 0.3) is 5.91 Å². The highest BCUT2D eigenvalue weighted by atomic mass is 16.4. The average Bonchev–Trinajstić information content (AvgIpc) is 3.37. The number of hydrogen-bond acceptors (Lipinski definition) is 7. The standard InChI is InChI=1S/C23H24N6O3/c1-13-8-14(5-6-25-13)23-27-20(22(24)31)21(32-23)17-10-18-15(11-26-28(18)2)9-19(17)29-7-3-4-16(30)12-29/h5-6,8-11,16,30H,3-4,7,12H2,1-2H3,(H2,24,31). The number of aliphatic hydroxyl groups is 1. The lowest BCUT2D eigenvalue weighted by atomic mass is 10.0. The van der Waals surface area contributed by atoms with E-state index in [0.29, 0.717) is 29.3 Å². The lowest BCUT2D eigenvalue weighted by Crippen LogP contribution is -2.38. The van der Waals surface area contributed by atoms with Crippen molar-refractivity contribution in [1.82, 2.24) is 19.7 Å². The summed E-state index contributed by atoms with van der Waals surface area (Å²) in [6.07, 6.45) is 4.68. The SMILES string of the molecule is Cc1cc(-c2nc(C(N)=O)c(-c3cc4c(cnn4C)cc3N3CCCC(O)C3)o2)ccn1. The smallest absolute Gasteiger partial charge is 0.271 e. The number of nitrogens with zero attached hydrogens (tertiary/aromatic N) is 5. The molecule has 1 amide bonds. The summed E-state index contributed by atoms with van der Waals surface area (Å²) in [6, 6.07) is 7.57. The molecular weight excluding hydrogens is 408 g/mol. The fourth-order valence-corrected chi connectivity index (χ4v) is 4.28. The molecule has 4 aromatic rings. The Morgan fingerprint density at radius 1 is 1.31 bits per heavy atom. The Balaban J connectivity index is 1.73. The van der Waals surface area contributed by atoms with Crippen LogP contribution in [0.2, 0.25) is 0 Å². The second kappa shape index (κ2) is 7.76. The number of aryl methyl sites for hydroxylation is 2. The van der Waals surface area contributed by atoms with E-state index >= 15 is 0 Å². The Hall–Kier alpha value is -3.72. The minimum Gasteiger partial charge on any atom is -0.435 e. The number of pyridine rings is 1. The van der Waals surface area contributed by atoms with E-state index < -0.39 is 12.0 Å². The fraction of sp³-hybridized carbons (Fsp3) is 0.304. The monoisotopic (exact) mass is 432 g/mol. The third kappa shape index (κ3) is 3.50. The Labute approximate surface area is 184 Å². The van der Waals surface area contributed by atoms with Gasteiger partial charge in [-0.1, -0.05) is 0 Å². The predicted octanol–water partition coefficient (Wildman–Crippen LogP) is 2.66. The highest BCUT2D eigenvalue weighted by Gasteiger charge is 2.27. The van der Waals surface area contributed by atoms with Crippen molar-refractivity contribution < 1.29 is 14.3 Å². The second-order valence-corrected chi connectivity index (χ2v) is 8.19. The molecule has 32 heavy (non-hydrogen) atoms. The molecule has 0 bridgehead atoms. The number of benzene rings is 1. The van der Waals surface area contributed by atoms with E-state index in [9.17, 15) is 9.90 Å². The number of oxazole rings is 1. The fourth-order valence-electron chi connectivity index (χ4n) is 4.28. The van der Waals surface area contributed by atoms with Gasteiger partial charge >= 0.3 is 0 Å². The van der Waals surface area contributed by atoms with E-state index in [-0.39, 0.29) is 5.69 Å². The molecule has 0 aliphatic carbocycles. The van der Waals surface area contributed by atoms with E-state index in [4.69, 9.17) is 10.2 Å². The van der Waals surface area contributed by atoms with E-state index in [0.717, 1.165) is 41.7 Å². The van der Waals surface area contributed by atoms with Crippen LogP contribution < -0.4 is 10.6 Å². The number of rotatable bonds is 4. The molecule has 3 aromatic heterocycles. The van der Waals surface area contributed by atoms with Gasteiger partial charge < -0.3 is 20.2 Å². The molecule has 9 heteroatoms. The third-order valence-corrected chi connectivity index (χ3v) is 5.85. The van der Waals surface area contributed by atoms with Gasteiger partial charge in [0.2, 0.25) is 5.89 Å². The molecule has 0 spiro atoms. The van der Waals surface area contributed by atoms with Gasteiger partial charge in [0.1, 0.15) is 0 Å². The van der Waals surface area contributed by atoms with Crippen LogP contribution in [0.25, 0.3) is 33.7 Å². The maximum Gasteiger partial charge on any atom is 0.271 e. The number of β-amino-alcohol motifs (C(OH)–C–C–N with tert-alkyl or cyclic N) is 1. The zero-order chi connectivity index (χ0) is 22.4. The summed E-state index contributed by atoms with van der Waals surface area (Å²) in [5.74, 6) is -0.0651. The number of hydrogen-bond donors (Lipinski definition) is 2. The van der Waals surface area contributed by atoms with Crippen LogP contribution in [0.5, 0.6) is 0 Å². The summed E-state index contributed by atoms with van der Waals surface area (Å²) in [4.78, 5) is 23.1. The molecule has 4 heterocycles. The van der Waals surface area contributed by atoms with Crippen LogP contribution in [0.1, 0.15) is 29.0 Å². The zero-order valence-corrected chi connectivity index (χ0v) is 17.9. The van der Waals surface area contributed by atoms with E-state index in [1.54, 1.807) is 23.1 Å². The average molecular weight is 432 g/mol. The maximum absolute atomic E-state index is 12.3. The minimum atomic E-state index is -0.671. The summed E-state index contributed by atoms with van der Waals surface area (Å²) in [7, 11) is 1.86. The molecule has 1 aliphatic heterocycles. The summed E-state index contributed by atoms with van der Waals surface area (Å²) < 4.78 is 7.93. The molecule has 1 atom stereocenters. The molecular formula is C23H24N6O3. The summed E-state index contributed by atoms with van der Waals surface area (Å²) in [5.41, 5.74) is 9.70. The van der Waals surface area contributed by atoms with Gasteiger partial charge in [0.15, 0.2) is 11.5 Å². The predicted molar refractivity (Wildman–Crippen MR) is 120 cm³/mol. The number of fused-ring (bicyclic) bond motifs is 1. The number of aliphatic hydroxyl groups excluding tert-OH is 1. The van der Waals surface area contributed by atoms with Crippen LogP contribution in [0, 0.1) is 6.92 Å². The molecule has 9 nitrogen and oxygen atoms in total. The van der Waals surface area contributed by atoms with Gasteiger partial charge in [-0.25, -0.2) is 4.98 Å². The van der Waals surface area contributed by atoms with Crippen LogP contribution in [0.3, 0.4) is 0 Å². The zero-order valence-electron chi connectivity index (χ0n) is 17.9. The highest BCUT2D eigenvalue weighted by Crippen LogP contribution is 2.39. The van der Waals surface area contributed by atoms with Gasteiger partial charge in [-0.3, -0.25) is 14.5 Å². The van der Waals surface area contributed by atoms with Gasteiger partial charge in [-0.2, -0.15) is 5.10 Å². The largest absolute Gasteiger partial charge is 0.435 e. The van der Waals surface area contributed by atoms with Crippen LogP contribution in [0.4, 0.5) is 5.69 Å². The summed E-state index contributed by atoms with van der Waals surface area (Å²) in [5, 5.41) is 15.6. The Morgan fingerprint density at radius 2 is 2.16 bits per heavy atom. The summed E-state index contributed by atoms with van der Waals surface area (Å²) in [6.45, 7) is 3.15. The van der Waals surface area contributed by atoms with E-state index in [1.165, 1.54) is 0 Å². The van der Waals surface area contributed by atoms with Crippen molar-refractivity contribution in [1.29, 1.82) is 0 Å². The Bertz CT molecular complexity index is 1320. The molecule has 1 unspecified atom stereocenters. The molecule has 164 valence electrons. The Morgan fingerprint density at radius 3 is 2.91 bits per heavy atom. The molecule has 0 radical (unpaired) electrons. The topological polar surface area (TPSA) is 123 Å². The van der Waals surface area contributed by atoms with Crippen molar-refractivity contribution in [2.75, 3.05) is 18.0 Å². The number of nitrogens with two attached hydrogens (primary N) is 1. The second-order valence-electron chi connectivity index (χ2n) is 8.19. The van der Waals surface area contributed by atoms with Crippen LogP contribution >= 0.6 is 0 Å². The number of primary amides is 1. The van der Waals surface area contributed by atoms with Gasteiger partial charge in [0.05, 0.1) is 17.8 Å². The maximum atomic E-state index is 12.3. The van der Waals surface area contributed by atoms with Crippen molar-refractivity contribution in [3.63, 3.8) is 0 Å². The number of anilines is 1. The van der Waals surface area contributed by atoms with Gasteiger partial charge in [-0.15, -0.1) is 0 Å². The van der Waals surface area contributed by atoms with Crippen LogP contribution in [0.15, 0.2) is 41.1 Å². The van der Waals surface area contributed by atoms with E-state index in [1.807, 2.05) is 32.2 Å². The van der Waals surface area contributed by atoms with Crippen molar-refractivity contribution in [3.05, 3.63) is 48.0 Å². The van der Waals surface area contributed by atoms with Crippen molar-refractivity contribution in [2.24, 2.45) is 12.8 Å². The minimum absolute atomic E-state index is 0.0646. The molecule has 5 rings (SSSR count). The first kappa shape index (κ1) is 20.2. The van der Waals surface area contributed by atoms with Crippen LogP contribution in [-0.2, 0) is 7.05 Å². The first-order valence-electron chi connectivity index (χ1n) is 10.5. The first-order valence-corrected chi connectivity index (χ1v) is 10.5. The number of carbonyl (C=O) groups is 1. The lowest BCUT2D eigenvalue weighted by Gasteiger charge is -2.33. The van der Waals surface area contributed by atoms with Crippen molar-refractivity contribution in [2.45, 2.75) is 25.9 Å². The lowest BCUT2D eigenvalue weighted by molar-refractivity contribution is 0.0996. The number of aromatic nitrogens is 4. The normalized spacial score (nSPS) is 16.6. The first-order chi connectivity index (χ1) is 15.4. The van der Waals surface area contributed by atoms with Crippen molar-refractivity contribution in [3.8, 4) is 22.8 Å². The Kier molecular flexibility index (Phi) is 4.90. The summed E-state index contributed by atoms with van der Waals surface area (Å²) >= 11 is 0. The van der Waals surface area contributed by atoms with Gasteiger partial charge in [-0.05, 0) is 44.0 Å². The van der Waals surface area contributed by atoms with Crippen molar-refractivity contribution >= 4 is 22.5 Å². The third-order valence-electron chi connectivity index (χ3n) is 5.85. The molecule has 1 aromatic carbocycles. The molecule has 1 fully saturated rings. The number of amides is 1.